The van der Waals surface area contributed by atoms with Crippen LogP contribution in [0.25, 0.3) is 0 Å². The second kappa shape index (κ2) is 6.75. The summed E-state index contributed by atoms with van der Waals surface area (Å²) in [6, 6.07) is 10.9. The van der Waals surface area contributed by atoms with Crippen LogP contribution in [0.15, 0.2) is 53.5 Å². The molecule has 0 unspecified atom stereocenters. The molecule has 6 heteroatoms. The summed E-state index contributed by atoms with van der Waals surface area (Å²) in [5.74, 6) is -0.436. The average molecular weight is 316 g/mol. The van der Waals surface area contributed by atoms with Gasteiger partial charge < -0.3 is 14.2 Å². The van der Waals surface area contributed by atoms with Crippen molar-refractivity contribution in [2.75, 3.05) is 19.7 Å². The molecule has 1 atom stereocenters. The molecule has 2 heterocycles. The van der Waals surface area contributed by atoms with Gasteiger partial charge in [0, 0.05) is 18.8 Å². The van der Waals surface area contributed by atoms with Crippen molar-refractivity contribution in [3.63, 3.8) is 0 Å². The lowest BCUT2D eigenvalue weighted by Gasteiger charge is -2.33. The molecule has 23 heavy (non-hydrogen) atoms. The van der Waals surface area contributed by atoms with Crippen LogP contribution in [-0.4, -0.2) is 35.1 Å². The lowest BCUT2D eigenvalue weighted by Crippen LogP contribution is -2.44. The predicted molar refractivity (Wildman–Crippen MR) is 82.4 cm³/mol. The van der Waals surface area contributed by atoms with Crippen molar-refractivity contribution < 1.29 is 13.9 Å². The van der Waals surface area contributed by atoms with Gasteiger partial charge >= 0.3 is 0 Å². The molecule has 5 nitrogen and oxygen atoms in total. The normalized spacial score (nSPS) is 18.0. The van der Waals surface area contributed by atoms with E-state index in [-0.39, 0.29) is 29.9 Å². The standard InChI is InChI=1S/C17H17FN2O3/c18-14-6-4-13(5-7-14)15-11-20(9-10-23-15)17(22)12-19-8-2-1-3-16(19)21/h1-8,15H,9-12H2/t15-/m1/s1. The monoisotopic (exact) mass is 316 g/mol. The van der Waals surface area contributed by atoms with Gasteiger partial charge in [-0.25, -0.2) is 4.39 Å². The molecule has 1 aliphatic rings. The maximum absolute atomic E-state index is 13.0. The van der Waals surface area contributed by atoms with Crippen LogP contribution >= 0.6 is 0 Å². The van der Waals surface area contributed by atoms with Crippen molar-refractivity contribution >= 4 is 5.91 Å². The number of ether oxygens (including phenoxy) is 1. The van der Waals surface area contributed by atoms with Crippen LogP contribution in [0.5, 0.6) is 0 Å². The van der Waals surface area contributed by atoms with E-state index >= 15 is 0 Å². The van der Waals surface area contributed by atoms with E-state index < -0.39 is 0 Å². The largest absolute Gasteiger partial charge is 0.370 e. The molecule has 1 fully saturated rings. The van der Waals surface area contributed by atoms with Gasteiger partial charge in [-0.2, -0.15) is 0 Å². The fourth-order valence-electron chi connectivity index (χ4n) is 2.59. The molecule has 120 valence electrons. The number of rotatable bonds is 3. The van der Waals surface area contributed by atoms with E-state index in [0.29, 0.717) is 19.7 Å². The van der Waals surface area contributed by atoms with Gasteiger partial charge in [0.05, 0.1) is 13.2 Å². The molecule has 1 aromatic carbocycles. The number of morpholine rings is 1. The number of benzene rings is 1. The first-order chi connectivity index (χ1) is 11.1. The molecule has 3 rings (SSSR count). The molecule has 0 saturated carbocycles. The molecular weight excluding hydrogens is 299 g/mol. The van der Waals surface area contributed by atoms with Crippen LogP contribution < -0.4 is 5.56 Å². The summed E-state index contributed by atoms with van der Waals surface area (Å²) in [5.41, 5.74) is 0.630. The van der Waals surface area contributed by atoms with Crippen molar-refractivity contribution in [1.29, 1.82) is 0 Å². The summed E-state index contributed by atoms with van der Waals surface area (Å²) in [6.45, 7) is 1.30. The highest BCUT2D eigenvalue weighted by molar-refractivity contribution is 5.76. The maximum atomic E-state index is 13.0. The predicted octanol–water partition coefficient (Wildman–Crippen LogP) is 1.59. The molecule has 0 spiro atoms. The number of aromatic nitrogens is 1. The molecule has 0 N–H and O–H groups in total. The zero-order valence-corrected chi connectivity index (χ0v) is 12.5. The smallest absolute Gasteiger partial charge is 0.250 e. The van der Waals surface area contributed by atoms with Crippen LogP contribution in [0.3, 0.4) is 0 Å². The fraction of sp³-hybridized carbons (Fsp3) is 0.294. The Morgan fingerprint density at radius 2 is 2.00 bits per heavy atom. The Kier molecular flexibility index (Phi) is 4.52. The summed E-state index contributed by atoms with van der Waals surface area (Å²) in [4.78, 5) is 25.8. The summed E-state index contributed by atoms with van der Waals surface area (Å²) in [7, 11) is 0. The van der Waals surface area contributed by atoms with Gasteiger partial charge in [-0.05, 0) is 23.8 Å². The van der Waals surface area contributed by atoms with E-state index in [0.717, 1.165) is 5.56 Å². The molecule has 1 aromatic heterocycles. The van der Waals surface area contributed by atoms with Crippen molar-refractivity contribution in [2.24, 2.45) is 0 Å². The Morgan fingerprint density at radius 3 is 2.74 bits per heavy atom. The number of carbonyl (C=O) groups excluding carboxylic acids is 1. The second-order valence-electron chi connectivity index (χ2n) is 5.42. The van der Waals surface area contributed by atoms with E-state index in [1.165, 1.54) is 22.8 Å². The Hall–Kier alpha value is -2.47. The Balaban J connectivity index is 1.68. The third kappa shape index (κ3) is 3.65. The number of amides is 1. The number of halogens is 1. The van der Waals surface area contributed by atoms with E-state index in [4.69, 9.17) is 4.74 Å². The van der Waals surface area contributed by atoms with Gasteiger partial charge in [-0.3, -0.25) is 9.59 Å². The van der Waals surface area contributed by atoms with Crippen molar-refractivity contribution in [1.82, 2.24) is 9.47 Å². The molecule has 0 bridgehead atoms. The highest BCUT2D eigenvalue weighted by Gasteiger charge is 2.25. The number of nitrogens with zero attached hydrogens (tertiary/aromatic N) is 2. The van der Waals surface area contributed by atoms with E-state index in [1.807, 2.05) is 0 Å². The van der Waals surface area contributed by atoms with Gasteiger partial charge in [0.15, 0.2) is 0 Å². The SMILES string of the molecule is O=C(Cn1ccccc1=O)N1CCO[C@@H](c2ccc(F)cc2)C1. The topological polar surface area (TPSA) is 51.5 Å². The van der Waals surface area contributed by atoms with Gasteiger partial charge in [0.25, 0.3) is 5.56 Å². The number of hydrogen-bond donors (Lipinski definition) is 0. The molecular formula is C17H17FN2O3. The minimum atomic E-state index is -0.305. The van der Waals surface area contributed by atoms with Gasteiger partial charge in [0.2, 0.25) is 5.91 Å². The van der Waals surface area contributed by atoms with E-state index in [1.54, 1.807) is 35.4 Å². The van der Waals surface area contributed by atoms with Crippen LogP contribution in [0.1, 0.15) is 11.7 Å². The first kappa shape index (κ1) is 15.4. The van der Waals surface area contributed by atoms with Crippen LogP contribution in [-0.2, 0) is 16.1 Å². The summed E-state index contributed by atoms with van der Waals surface area (Å²) < 4.78 is 20.1. The second-order valence-corrected chi connectivity index (χ2v) is 5.42. The number of hydrogen-bond acceptors (Lipinski definition) is 3. The van der Waals surface area contributed by atoms with Crippen LogP contribution in [0, 0.1) is 5.82 Å². The first-order valence-electron chi connectivity index (χ1n) is 7.44. The molecule has 2 aromatic rings. The molecule has 0 aliphatic carbocycles. The summed E-state index contributed by atoms with van der Waals surface area (Å²) in [5, 5.41) is 0. The highest BCUT2D eigenvalue weighted by atomic mass is 19.1. The highest BCUT2D eigenvalue weighted by Crippen LogP contribution is 2.22. The molecule has 1 aliphatic heterocycles. The van der Waals surface area contributed by atoms with Crippen molar-refractivity contribution in [3.8, 4) is 0 Å². The Labute approximate surface area is 132 Å². The van der Waals surface area contributed by atoms with Gasteiger partial charge in [-0.1, -0.05) is 18.2 Å². The zero-order chi connectivity index (χ0) is 16.2. The molecule has 0 radical (unpaired) electrons. The lowest BCUT2D eigenvalue weighted by atomic mass is 10.1. The third-order valence-corrected chi connectivity index (χ3v) is 3.87. The number of carbonyl (C=O) groups is 1. The maximum Gasteiger partial charge on any atom is 0.250 e. The third-order valence-electron chi connectivity index (χ3n) is 3.87. The Bertz CT molecular complexity index is 742. The molecule has 1 saturated heterocycles. The minimum Gasteiger partial charge on any atom is -0.370 e. The van der Waals surface area contributed by atoms with E-state index in [2.05, 4.69) is 0 Å². The first-order valence-corrected chi connectivity index (χ1v) is 7.44. The average Bonchev–Trinajstić information content (AvgIpc) is 2.58. The zero-order valence-electron chi connectivity index (χ0n) is 12.5. The van der Waals surface area contributed by atoms with E-state index in [9.17, 15) is 14.0 Å². The fourth-order valence-corrected chi connectivity index (χ4v) is 2.59. The summed E-state index contributed by atoms with van der Waals surface area (Å²) in [6.07, 6.45) is 1.32. The number of pyridine rings is 1. The van der Waals surface area contributed by atoms with Gasteiger partial charge in [-0.15, -0.1) is 0 Å². The lowest BCUT2D eigenvalue weighted by molar-refractivity contribution is -0.139. The van der Waals surface area contributed by atoms with Crippen LogP contribution in [0.2, 0.25) is 0 Å². The van der Waals surface area contributed by atoms with Crippen molar-refractivity contribution in [3.05, 3.63) is 70.4 Å². The molecule has 1 amide bonds. The van der Waals surface area contributed by atoms with Gasteiger partial charge in [0.1, 0.15) is 18.5 Å². The Morgan fingerprint density at radius 1 is 1.22 bits per heavy atom. The van der Waals surface area contributed by atoms with Crippen LogP contribution in [0.4, 0.5) is 4.39 Å². The van der Waals surface area contributed by atoms with Crippen molar-refractivity contribution in [2.45, 2.75) is 12.6 Å². The minimum absolute atomic E-state index is 0.00973. The summed E-state index contributed by atoms with van der Waals surface area (Å²) >= 11 is 0. The quantitative estimate of drug-likeness (QED) is 0.864.